The summed E-state index contributed by atoms with van der Waals surface area (Å²) in [6.45, 7) is 3.78. The molecule has 1 unspecified atom stereocenters. The molecule has 69 valence electrons. The number of rotatable bonds is 2. The molecule has 0 bridgehead atoms. The van der Waals surface area contributed by atoms with E-state index in [9.17, 15) is 4.79 Å². The molecule has 3 nitrogen and oxygen atoms in total. The highest BCUT2D eigenvalue weighted by molar-refractivity contribution is 5.64. The maximum atomic E-state index is 10.4. The van der Waals surface area contributed by atoms with Crippen LogP contribution in [0, 0.1) is 12.8 Å². The summed E-state index contributed by atoms with van der Waals surface area (Å²) in [5.41, 5.74) is 4.90. The van der Waals surface area contributed by atoms with Crippen molar-refractivity contribution in [3.63, 3.8) is 0 Å². The largest absolute Gasteiger partial charge is 0.446 e. The highest BCUT2D eigenvalue weighted by Crippen LogP contribution is 2.27. The zero-order valence-electron chi connectivity index (χ0n) is 7.29. The number of nitrogens with two attached hydrogens (primary N) is 1. The summed E-state index contributed by atoms with van der Waals surface area (Å²) in [5.74, 6) is 0.422. The van der Waals surface area contributed by atoms with Crippen LogP contribution < -0.4 is 5.73 Å². The lowest BCUT2D eigenvalue weighted by Gasteiger charge is -2.26. The van der Waals surface area contributed by atoms with Crippen LogP contribution in [-0.4, -0.2) is 12.2 Å². The van der Waals surface area contributed by atoms with Crippen molar-refractivity contribution in [1.82, 2.24) is 0 Å². The number of hydrogen-bond acceptors (Lipinski definition) is 2. The molecule has 3 heteroatoms. The molecule has 0 spiro atoms. The molecule has 0 aromatic heterocycles. The zero-order chi connectivity index (χ0) is 8.97. The number of amides is 1. The molecule has 0 heterocycles. The summed E-state index contributed by atoms with van der Waals surface area (Å²) in [4.78, 5) is 10.4. The molecule has 0 aromatic rings. The summed E-state index contributed by atoms with van der Waals surface area (Å²) in [6.07, 6.45) is 5.00. The van der Waals surface area contributed by atoms with Gasteiger partial charge in [0.25, 0.3) is 0 Å². The van der Waals surface area contributed by atoms with Crippen LogP contribution in [-0.2, 0) is 4.74 Å². The van der Waals surface area contributed by atoms with Crippen LogP contribution in [0.1, 0.15) is 32.1 Å². The fraction of sp³-hybridized carbons (Fsp3) is 0.778. The van der Waals surface area contributed by atoms with E-state index in [1.807, 2.05) is 0 Å². The Labute approximate surface area is 73.3 Å². The van der Waals surface area contributed by atoms with Gasteiger partial charge in [-0.2, -0.15) is 0 Å². The lowest BCUT2D eigenvalue weighted by atomic mass is 9.86. The second-order valence-corrected chi connectivity index (χ2v) is 3.37. The first-order valence-corrected chi connectivity index (χ1v) is 4.49. The smallest absolute Gasteiger partial charge is 0.404 e. The van der Waals surface area contributed by atoms with E-state index in [0.717, 1.165) is 12.8 Å². The highest BCUT2D eigenvalue weighted by Gasteiger charge is 2.22. The second-order valence-electron chi connectivity index (χ2n) is 3.37. The van der Waals surface area contributed by atoms with E-state index < -0.39 is 6.09 Å². The third kappa shape index (κ3) is 2.72. The topological polar surface area (TPSA) is 52.3 Å². The SMILES string of the molecule is [CH2]C(OC(N)=O)C1CCCCC1. The molecule has 1 radical (unpaired) electrons. The molecule has 0 aliphatic heterocycles. The Morgan fingerprint density at radius 3 is 2.50 bits per heavy atom. The number of carbonyl (C=O) groups is 1. The first-order valence-electron chi connectivity index (χ1n) is 4.49. The minimum Gasteiger partial charge on any atom is -0.446 e. The molecule has 2 N–H and O–H groups in total. The highest BCUT2D eigenvalue weighted by atomic mass is 16.6. The van der Waals surface area contributed by atoms with Crippen molar-refractivity contribution in [3.05, 3.63) is 6.92 Å². The van der Waals surface area contributed by atoms with Gasteiger partial charge in [0.1, 0.15) is 6.10 Å². The van der Waals surface area contributed by atoms with Crippen LogP contribution >= 0.6 is 0 Å². The van der Waals surface area contributed by atoms with Gasteiger partial charge in [0.15, 0.2) is 0 Å². The van der Waals surface area contributed by atoms with Crippen LogP contribution in [0.4, 0.5) is 4.79 Å². The molecule has 1 atom stereocenters. The molecule has 1 aliphatic carbocycles. The number of primary amides is 1. The summed E-state index contributed by atoms with van der Waals surface area (Å²) in [7, 11) is 0. The van der Waals surface area contributed by atoms with E-state index in [0.29, 0.717) is 5.92 Å². The van der Waals surface area contributed by atoms with Gasteiger partial charge in [-0.05, 0) is 25.7 Å². The predicted octanol–water partition coefficient (Wildman–Crippen LogP) is 1.86. The fourth-order valence-corrected chi connectivity index (χ4v) is 1.75. The average Bonchev–Trinajstić information content (AvgIpc) is 2.05. The molecule has 1 aliphatic rings. The first kappa shape index (κ1) is 9.36. The van der Waals surface area contributed by atoms with Crippen LogP contribution in [0.15, 0.2) is 0 Å². The molecule has 1 fully saturated rings. The quantitative estimate of drug-likeness (QED) is 0.687. The lowest BCUT2D eigenvalue weighted by molar-refractivity contribution is 0.0812. The Kier molecular flexibility index (Phi) is 3.38. The van der Waals surface area contributed by atoms with Crippen LogP contribution in [0.25, 0.3) is 0 Å². The summed E-state index contributed by atoms with van der Waals surface area (Å²) < 4.78 is 4.82. The van der Waals surface area contributed by atoms with Crippen molar-refractivity contribution >= 4 is 6.09 Å². The number of hydrogen-bond donors (Lipinski definition) is 1. The predicted molar refractivity (Wildman–Crippen MR) is 46.4 cm³/mol. The van der Waals surface area contributed by atoms with Gasteiger partial charge in [-0.1, -0.05) is 19.3 Å². The van der Waals surface area contributed by atoms with E-state index in [4.69, 9.17) is 10.5 Å². The van der Waals surface area contributed by atoms with Gasteiger partial charge in [0.2, 0.25) is 0 Å². The number of ether oxygens (including phenoxy) is 1. The Hall–Kier alpha value is -0.730. The van der Waals surface area contributed by atoms with E-state index >= 15 is 0 Å². The Balaban J connectivity index is 2.29. The molecule has 0 aromatic carbocycles. The molecule has 1 rings (SSSR count). The van der Waals surface area contributed by atoms with Gasteiger partial charge in [0, 0.05) is 0 Å². The molecule has 1 saturated carbocycles. The maximum Gasteiger partial charge on any atom is 0.404 e. The third-order valence-corrected chi connectivity index (χ3v) is 2.44. The Morgan fingerprint density at radius 1 is 1.42 bits per heavy atom. The van der Waals surface area contributed by atoms with E-state index in [1.165, 1.54) is 19.3 Å². The van der Waals surface area contributed by atoms with Crippen molar-refractivity contribution in [2.45, 2.75) is 38.2 Å². The van der Waals surface area contributed by atoms with Crippen molar-refractivity contribution in [2.24, 2.45) is 11.7 Å². The van der Waals surface area contributed by atoms with Gasteiger partial charge >= 0.3 is 6.09 Å². The zero-order valence-corrected chi connectivity index (χ0v) is 7.29. The van der Waals surface area contributed by atoms with Crippen molar-refractivity contribution in [3.8, 4) is 0 Å². The summed E-state index contributed by atoms with van der Waals surface area (Å²) in [6, 6.07) is 0. The molecule has 12 heavy (non-hydrogen) atoms. The van der Waals surface area contributed by atoms with Crippen LogP contribution in [0.5, 0.6) is 0 Å². The van der Waals surface area contributed by atoms with E-state index in [-0.39, 0.29) is 6.10 Å². The molecule has 1 amide bonds. The average molecular weight is 170 g/mol. The number of carbonyl (C=O) groups excluding carboxylic acids is 1. The summed E-state index contributed by atoms with van der Waals surface area (Å²) in [5, 5.41) is 0. The molecule has 0 saturated heterocycles. The monoisotopic (exact) mass is 170 g/mol. The van der Waals surface area contributed by atoms with Gasteiger partial charge < -0.3 is 10.5 Å². The third-order valence-electron chi connectivity index (χ3n) is 2.44. The van der Waals surface area contributed by atoms with E-state index in [2.05, 4.69) is 6.92 Å². The molecular weight excluding hydrogens is 154 g/mol. The van der Waals surface area contributed by atoms with Crippen molar-refractivity contribution in [1.29, 1.82) is 0 Å². The maximum absolute atomic E-state index is 10.4. The van der Waals surface area contributed by atoms with Crippen molar-refractivity contribution in [2.75, 3.05) is 0 Å². The van der Waals surface area contributed by atoms with Gasteiger partial charge in [-0.15, -0.1) is 0 Å². The standard InChI is InChI=1S/C9H16NO2/c1-7(12-9(10)11)8-5-3-2-4-6-8/h7-8H,1-6H2,(H2,10,11). The Morgan fingerprint density at radius 2 is 2.00 bits per heavy atom. The van der Waals surface area contributed by atoms with Crippen molar-refractivity contribution < 1.29 is 9.53 Å². The lowest BCUT2D eigenvalue weighted by Crippen LogP contribution is -2.28. The molecular formula is C9H16NO2. The fourth-order valence-electron chi connectivity index (χ4n) is 1.75. The normalized spacial score (nSPS) is 21.8. The van der Waals surface area contributed by atoms with Gasteiger partial charge in [-0.25, -0.2) is 4.79 Å². The van der Waals surface area contributed by atoms with Gasteiger partial charge in [0.05, 0.1) is 0 Å². The van der Waals surface area contributed by atoms with Gasteiger partial charge in [-0.3, -0.25) is 0 Å². The minimum atomic E-state index is -0.708. The Bertz CT molecular complexity index is 153. The van der Waals surface area contributed by atoms with Crippen LogP contribution in [0.2, 0.25) is 0 Å². The van der Waals surface area contributed by atoms with Crippen LogP contribution in [0.3, 0.4) is 0 Å². The van der Waals surface area contributed by atoms with E-state index in [1.54, 1.807) is 0 Å². The first-order chi connectivity index (χ1) is 5.70. The minimum absolute atomic E-state index is 0.247. The second kappa shape index (κ2) is 4.33. The summed E-state index contributed by atoms with van der Waals surface area (Å²) >= 11 is 0.